The standard InChI is InChI=1S/C18H19N5O3/c1-11-4-5-15(26-3)14(6-11)23-10-12(7-16(23)24)18(25)21-17-13(8-19)9-20-22(17)2/h4-6,9,12H,7,10H2,1-3H3,(H,21,25). The van der Waals surface area contributed by atoms with Gasteiger partial charge in [-0.05, 0) is 24.6 Å². The van der Waals surface area contributed by atoms with Crippen LogP contribution in [0.15, 0.2) is 24.4 Å². The molecule has 8 nitrogen and oxygen atoms in total. The molecule has 1 aromatic heterocycles. The molecular formula is C18H19N5O3. The summed E-state index contributed by atoms with van der Waals surface area (Å²) in [5, 5.41) is 15.8. The summed E-state index contributed by atoms with van der Waals surface area (Å²) in [6.45, 7) is 2.18. The molecule has 2 heterocycles. The minimum absolute atomic E-state index is 0.0999. The van der Waals surface area contributed by atoms with Gasteiger partial charge in [-0.15, -0.1) is 0 Å². The van der Waals surface area contributed by atoms with Crippen molar-refractivity contribution in [1.29, 1.82) is 5.26 Å². The first-order valence-corrected chi connectivity index (χ1v) is 8.12. The fourth-order valence-corrected chi connectivity index (χ4v) is 3.01. The molecule has 8 heteroatoms. The fourth-order valence-electron chi connectivity index (χ4n) is 3.01. The Morgan fingerprint density at radius 2 is 2.23 bits per heavy atom. The number of carbonyl (C=O) groups excluding carboxylic acids is 2. The lowest BCUT2D eigenvalue weighted by Gasteiger charge is -2.20. The number of carbonyl (C=O) groups is 2. The Morgan fingerprint density at radius 1 is 1.46 bits per heavy atom. The number of methoxy groups -OCH3 is 1. The lowest BCUT2D eigenvalue weighted by atomic mass is 10.1. The van der Waals surface area contributed by atoms with Crippen LogP contribution >= 0.6 is 0 Å². The SMILES string of the molecule is COc1ccc(C)cc1N1CC(C(=O)Nc2c(C#N)cnn2C)CC1=O. The number of aryl methyl sites for hydroxylation is 2. The van der Waals surface area contributed by atoms with Crippen molar-refractivity contribution in [2.75, 3.05) is 23.9 Å². The van der Waals surface area contributed by atoms with E-state index in [9.17, 15) is 9.59 Å². The second kappa shape index (κ2) is 6.88. The average Bonchev–Trinajstić information content (AvgIpc) is 3.18. The molecule has 1 aliphatic heterocycles. The number of aromatic nitrogens is 2. The van der Waals surface area contributed by atoms with Gasteiger partial charge in [0.25, 0.3) is 0 Å². The number of ether oxygens (including phenoxy) is 1. The molecule has 0 spiro atoms. The van der Waals surface area contributed by atoms with E-state index in [1.807, 2.05) is 25.1 Å². The molecule has 0 saturated carbocycles. The maximum Gasteiger partial charge on any atom is 0.230 e. The summed E-state index contributed by atoms with van der Waals surface area (Å²) in [6.07, 6.45) is 1.49. The van der Waals surface area contributed by atoms with Gasteiger partial charge in [0.1, 0.15) is 23.2 Å². The van der Waals surface area contributed by atoms with Crippen LogP contribution in [-0.4, -0.2) is 35.2 Å². The van der Waals surface area contributed by atoms with Gasteiger partial charge in [-0.2, -0.15) is 10.4 Å². The minimum atomic E-state index is -0.519. The normalized spacial score (nSPS) is 16.5. The van der Waals surface area contributed by atoms with E-state index in [1.165, 1.54) is 10.9 Å². The van der Waals surface area contributed by atoms with Crippen LogP contribution in [0.2, 0.25) is 0 Å². The molecule has 0 aliphatic carbocycles. The van der Waals surface area contributed by atoms with Crippen molar-refractivity contribution in [2.45, 2.75) is 13.3 Å². The molecule has 1 saturated heterocycles. The number of hydrogen-bond donors (Lipinski definition) is 1. The molecule has 0 bridgehead atoms. The third-order valence-electron chi connectivity index (χ3n) is 4.42. The van der Waals surface area contributed by atoms with Crippen molar-refractivity contribution in [3.8, 4) is 11.8 Å². The molecule has 1 aromatic carbocycles. The second-order valence-electron chi connectivity index (χ2n) is 6.21. The summed E-state index contributed by atoms with van der Waals surface area (Å²) in [4.78, 5) is 26.7. The molecule has 3 rings (SSSR count). The van der Waals surface area contributed by atoms with E-state index in [2.05, 4.69) is 10.4 Å². The van der Waals surface area contributed by atoms with Crippen molar-refractivity contribution in [3.63, 3.8) is 0 Å². The number of nitriles is 1. The molecule has 2 amide bonds. The highest BCUT2D eigenvalue weighted by Gasteiger charge is 2.36. The van der Waals surface area contributed by atoms with Crippen LogP contribution in [0.3, 0.4) is 0 Å². The number of benzene rings is 1. The maximum atomic E-state index is 12.6. The molecule has 1 fully saturated rings. The molecule has 1 atom stereocenters. The van der Waals surface area contributed by atoms with Crippen LogP contribution in [0.5, 0.6) is 5.75 Å². The van der Waals surface area contributed by atoms with E-state index in [0.29, 0.717) is 17.3 Å². The summed E-state index contributed by atoms with van der Waals surface area (Å²) in [5.74, 6) is -0.0544. The molecular weight excluding hydrogens is 334 g/mol. The molecule has 1 N–H and O–H groups in total. The Kier molecular flexibility index (Phi) is 4.63. The first-order valence-electron chi connectivity index (χ1n) is 8.12. The highest BCUT2D eigenvalue weighted by atomic mass is 16.5. The fraction of sp³-hybridized carbons (Fsp3) is 0.333. The van der Waals surface area contributed by atoms with Crippen molar-refractivity contribution in [2.24, 2.45) is 13.0 Å². The number of nitrogens with one attached hydrogen (secondary N) is 1. The summed E-state index contributed by atoms with van der Waals surface area (Å²) in [5.41, 5.74) is 1.93. The number of amides is 2. The van der Waals surface area contributed by atoms with Crippen molar-refractivity contribution in [1.82, 2.24) is 9.78 Å². The summed E-state index contributed by atoms with van der Waals surface area (Å²) in [6, 6.07) is 7.56. The number of hydrogen-bond acceptors (Lipinski definition) is 5. The van der Waals surface area contributed by atoms with Crippen molar-refractivity contribution in [3.05, 3.63) is 35.5 Å². The average molecular weight is 353 g/mol. The van der Waals surface area contributed by atoms with Crippen LogP contribution in [-0.2, 0) is 16.6 Å². The first kappa shape index (κ1) is 17.5. The Morgan fingerprint density at radius 3 is 2.92 bits per heavy atom. The van der Waals surface area contributed by atoms with E-state index in [0.717, 1.165) is 5.56 Å². The van der Waals surface area contributed by atoms with Gasteiger partial charge in [0.2, 0.25) is 11.8 Å². The van der Waals surface area contributed by atoms with E-state index < -0.39 is 5.92 Å². The highest BCUT2D eigenvalue weighted by Crippen LogP contribution is 2.34. The van der Waals surface area contributed by atoms with Gasteiger partial charge in [0.05, 0.1) is 24.9 Å². The Labute approximate surface area is 151 Å². The quantitative estimate of drug-likeness (QED) is 0.900. The molecule has 26 heavy (non-hydrogen) atoms. The van der Waals surface area contributed by atoms with Crippen LogP contribution in [0.4, 0.5) is 11.5 Å². The second-order valence-corrected chi connectivity index (χ2v) is 6.21. The molecule has 0 radical (unpaired) electrons. The number of nitrogens with zero attached hydrogens (tertiary/aromatic N) is 4. The third-order valence-corrected chi connectivity index (χ3v) is 4.42. The molecule has 2 aromatic rings. The Bertz CT molecular complexity index is 912. The van der Waals surface area contributed by atoms with E-state index in [4.69, 9.17) is 10.00 Å². The predicted molar refractivity (Wildman–Crippen MR) is 94.7 cm³/mol. The van der Waals surface area contributed by atoms with Crippen LogP contribution in [0.25, 0.3) is 0 Å². The molecule has 1 unspecified atom stereocenters. The topological polar surface area (TPSA) is 100 Å². The Balaban J connectivity index is 1.80. The van der Waals surface area contributed by atoms with Crippen molar-refractivity contribution >= 4 is 23.3 Å². The predicted octanol–water partition coefficient (Wildman–Crippen LogP) is 1.60. The zero-order valence-electron chi connectivity index (χ0n) is 14.8. The van der Waals surface area contributed by atoms with E-state index in [-0.39, 0.29) is 30.3 Å². The van der Waals surface area contributed by atoms with Crippen LogP contribution in [0, 0.1) is 24.2 Å². The van der Waals surface area contributed by atoms with Gasteiger partial charge >= 0.3 is 0 Å². The lowest BCUT2D eigenvalue weighted by Crippen LogP contribution is -2.29. The monoisotopic (exact) mass is 353 g/mol. The first-order chi connectivity index (χ1) is 12.4. The van der Waals surface area contributed by atoms with Gasteiger partial charge in [-0.3, -0.25) is 14.3 Å². The highest BCUT2D eigenvalue weighted by molar-refractivity contribution is 6.04. The van der Waals surface area contributed by atoms with Crippen molar-refractivity contribution < 1.29 is 14.3 Å². The largest absolute Gasteiger partial charge is 0.495 e. The van der Waals surface area contributed by atoms with E-state index in [1.54, 1.807) is 25.1 Å². The number of rotatable bonds is 4. The minimum Gasteiger partial charge on any atom is -0.495 e. The van der Waals surface area contributed by atoms with Crippen LogP contribution < -0.4 is 15.0 Å². The van der Waals surface area contributed by atoms with Gasteiger partial charge in [0.15, 0.2) is 0 Å². The van der Waals surface area contributed by atoms with Crippen LogP contribution in [0.1, 0.15) is 17.5 Å². The zero-order chi connectivity index (χ0) is 18.8. The summed E-state index contributed by atoms with van der Waals surface area (Å²) >= 11 is 0. The summed E-state index contributed by atoms with van der Waals surface area (Å²) < 4.78 is 6.77. The zero-order valence-corrected chi connectivity index (χ0v) is 14.8. The Hall–Kier alpha value is -3.34. The lowest BCUT2D eigenvalue weighted by molar-refractivity contribution is -0.122. The van der Waals surface area contributed by atoms with Gasteiger partial charge in [0, 0.05) is 20.0 Å². The smallest absolute Gasteiger partial charge is 0.230 e. The maximum absolute atomic E-state index is 12.6. The van der Waals surface area contributed by atoms with E-state index >= 15 is 0 Å². The number of anilines is 2. The molecule has 1 aliphatic rings. The van der Waals surface area contributed by atoms with Gasteiger partial charge in [-0.1, -0.05) is 6.07 Å². The van der Waals surface area contributed by atoms with Gasteiger partial charge < -0.3 is 15.0 Å². The summed E-state index contributed by atoms with van der Waals surface area (Å²) in [7, 11) is 3.19. The van der Waals surface area contributed by atoms with Gasteiger partial charge in [-0.25, -0.2) is 0 Å². The third kappa shape index (κ3) is 3.11. The molecule has 134 valence electrons.